The van der Waals surface area contributed by atoms with E-state index in [1.807, 2.05) is 12.1 Å². The Hall–Kier alpha value is -1.09. The van der Waals surface area contributed by atoms with E-state index in [-0.39, 0.29) is 11.7 Å². The lowest BCUT2D eigenvalue weighted by molar-refractivity contribution is 0.248. The zero-order chi connectivity index (χ0) is 13.1. The third kappa shape index (κ3) is 2.51. The lowest BCUT2D eigenvalue weighted by Crippen LogP contribution is -2.28. The topological polar surface area (TPSA) is 35.2 Å². The summed E-state index contributed by atoms with van der Waals surface area (Å²) < 4.78 is 19.4. The highest BCUT2D eigenvalue weighted by molar-refractivity contribution is 5.34. The van der Waals surface area contributed by atoms with Gasteiger partial charge in [-0.05, 0) is 48.8 Å². The number of rotatable bonds is 3. The summed E-state index contributed by atoms with van der Waals surface area (Å²) in [6.45, 7) is 2.87. The van der Waals surface area contributed by atoms with Crippen LogP contribution in [0.15, 0.2) is 18.2 Å². The van der Waals surface area contributed by atoms with E-state index in [1.54, 1.807) is 6.07 Å². The van der Waals surface area contributed by atoms with Crippen LogP contribution < -0.4 is 10.5 Å². The summed E-state index contributed by atoms with van der Waals surface area (Å²) >= 11 is 0. The van der Waals surface area contributed by atoms with Gasteiger partial charge in [0.15, 0.2) is 11.6 Å². The number of halogens is 1. The Balaban J connectivity index is 2.33. The van der Waals surface area contributed by atoms with Crippen LogP contribution in [0.4, 0.5) is 4.39 Å². The van der Waals surface area contributed by atoms with Gasteiger partial charge in [0.25, 0.3) is 0 Å². The summed E-state index contributed by atoms with van der Waals surface area (Å²) in [5.41, 5.74) is 6.62. The Labute approximate surface area is 108 Å². The summed E-state index contributed by atoms with van der Waals surface area (Å²) in [6, 6.07) is 5.41. The molecule has 3 heteroatoms. The van der Waals surface area contributed by atoms with Crippen molar-refractivity contribution in [1.82, 2.24) is 0 Å². The van der Waals surface area contributed by atoms with Crippen LogP contribution >= 0.6 is 0 Å². The Morgan fingerprint density at radius 1 is 1.39 bits per heavy atom. The molecule has 3 atom stereocenters. The van der Waals surface area contributed by atoms with Gasteiger partial charge >= 0.3 is 0 Å². The van der Waals surface area contributed by atoms with E-state index in [1.165, 1.54) is 13.5 Å². The molecule has 0 heterocycles. The van der Waals surface area contributed by atoms with Crippen molar-refractivity contribution < 1.29 is 9.13 Å². The molecule has 2 N–H and O–H groups in total. The minimum Gasteiger partial charge on any atom is -0.494 e. The molecule has 1 aliphatic carbocycles. The van der Waals surface area contributed by atoms with E-state index in [2.05, 4.69) is 6.92 Å². The average Bonchev–Trinajstić information content (AvgIpc) is 2.39. The van der Waals surface area contributed by atoms with Crippen molar-refractivity contribution in [2.24, 2.45) is 17.6 Å². The minimum atomic E-state index is -0.211. The maximum absolute atomic E-state index is 14.3. The molecule has 2 rings (SSSR count). The minimum absolute atomic E-state index is 0.211. The molecular weight excluding hydrogens is 229 g/mol. The van der Waals surface area contributed by atoms with Crippen molar-refractivity contribution in [3.05, 3.63) is 29.6 Å². The highest BCUT2D eigenvalue weighted by Crippen LogP contribution is 2.42. The first-order valence-corrected chi connectivity index (χ1v) is 6.69. The number of benzene rings is 1. The van der Waals surface area contributed by atoms with Crippen molar-refractivity contribution in [2.75, 3.05) is 13.7 Å². The number of hydrogen-bond donors (Lipinski definition) is 1. The maximum atomic E-state index is 14.3. The first-order valence-electron chi connectivity index (χ1n) is 6.69. The number of nitrogens with two attached hydrogens (primary N) is 1. The first-order chi connectivity index (χ1) is 8.67. The summed E-state index contributed by atoms with van der Waals surface area (Å²) in [6.07, 6.45) is 3.31. The van der Waals surface area contributed by atoms with Crippen LogP contribution in [-0.4, -0.2) is 13.7 Å². The number of methoxy groups -OCH3 is 1. The molecule has 0 bridgehead atoms. The quantitative estimate of drug-likeness (QED) is 0.894. The number of hydrogen-bond acceptors (Lipinski definition) is 2. The molecule has 1 saturated carbocycles. The zero-order valence-corrected chi connectivity index (χ0v) is 11.2. The van der Waals surface area contributed by atoms with Crippen molar-refractivity contribution in [1.29, 1.82) is 0 Å². The van der Waals surface area contributed by atoms with Gasteiger partial charge in [0.05, 0.1) is 7.11 Å². The van der Waals surface area contributed by atoms with Crippen molar-refractivity contribution in [3.8, 4) is 5.75 Å². The standard InChI is InChI=1S/C15H22FNO/c1-10-6-7-11(9-17)13(8-10)12-4-3-5-14(18-2)15(12)16/h3-5,10-11,13H,6-9,17H2,1-2H3. The SMILES string of the molecule is COc1cccc(C2CC(C)CCC2CN)c1F. The van der Waals surface area contributed by atoms with E-state index in [9.17, 15) is 4.39 Å². The van der Waals surface area contributed by atoms with Gasteiger partial charge in [-0.15, -0.1) is 0 Å². The van der Waals surface area contributed by atoms with Crippen LogP contribution in [0.25, 0.3) is 0 Å². The number of ether oxygens (including phenoxy) is 1. The van der Waals surface area contributed by atoms with E-state index in [0.29, 0.717) is 24.1 Å². The van der Waals surface area contributed by atoms with Crippen LogP contribution in [0.5, 0.6) is 5.75 Å². The molecule has 100 valence electrons. The van der Waals surface area contributed by atoms with Gasteiger partial charge in [-0.3, -0.25) is 0 Å². The van der Waals surface area contributed by atoms with Gasteiger partial charge in [0.1, 0.15) is 0 Å². The summed E-state index contributed by atoms with van der Waals surface area (Å²) in [7, 11) is 1.51. The molecule has 18 heavy (non-hydrogen) atoms. The van der Waals surface area contributed by atoms with Gasteiger partial charge < -0.3 is 10.5 Å². The molecule has 1 aromatic rings. The highest BCUT2D eigenvalue weighted by Gasteiger charge is 2.31. The van der Waals surface area contributed by atoms with Crippen LogP contribution in [0.1, 0.15) is 37.7 Å². The van der Waals surface area contributed by atoms with Gasteiger partial charge in [-0.1, -0.05) is 25.5 Å². The third-order valence-electron chi connectivity index (χ3n) is 4.17. The van der Waals surface area contributed by atoms with Crippen LogP contribution in [0, 0.1) is 17.7 Å². The van der Waals surface area contributed by atoms with Crippen LogP contribution in [-0.2, 0) is 0 Å². The molecule has 0 radical (unpaired) electrons. The molecule has 0 amide bonds. The molecular formula is C15H22FNO. The predicted octanol–water partition coefficient (Wildman–Crippen LogP) is 3.31. The molecule has 2 nitrogen and oxygen atoms in total. The molecule has 0 spiro atoms. The fourth-order valence-electron chi connectivity index (χ4n) is 3.08. The molecule has 0 aromatic heterocycles. The zero-order valence-electron chi connectivity index (χ0n) is 11.2. The summed E-state index contributed by atoms with van der Waals surface area (Å²) in [5, 5.41) is 0. The third-order valence-corrected chi connectivity index (χ3v) is 4.17. The summed E-state index contributed by atoms with van der Waals surface area (Å²) in [5.74, 6) is 1.39. The molecule has 3 unspecified atom stereocenters. The normalized spacial score (nSPS) is 28.1. The van der Waals surface area contributed by atoms with E-state index in [4.69, 9.17) is 10.5 Å². The molecule has 1 aliphatic rings. The van der Waals surface area contributed by atoms with Crippen molar-refractivity contribution in [2.45, 2.75) is 32.1 Å². The first kappa shape index (κ1) is 13.3. The van der Waals surface area contributed by atoms with Gasteiger partial charge in [-0.2, -0.15) is 0 Å². The largest absolute Gasteiger partial charge is 0.494 e. The molecule has 0 aliphatic heterocycles. The fourth-order valence-corrected chi connectivity index (χ4v) is 3.08. The molecule has 1 aromatic carbocycles. The van der Waals surface area contributed by atoms with Gasteiger partial charge in [0, 0.05) is 0 Å². The maximum Gasteiger partial charge on any atom is 0.168 e. The van der Waals surface area contributed by atoms with Crippen molar-refractivity contribution >= 4 is 0 Å². The Morgan fingerprint density at radius 3 is 2.83 bits per heavy atom. The van der Waals surface area contributed by atoms with Crippen molar-refractivity contribution in [3.63, 3.8) is 0 Å². The fraction of sp³-hybridized carbons (Fsp3) is 0.600. The molecule has 1 fully saturated rings. The second-order valence-electron chi connectivity index (χ2n) is 5.38. The average molecular weight is 251 g/mol. The van der Waals surface area contributed by atoms with E-state index in [0.717, 1.165) is 18.4 Å². The molecule has 0 saturated heterocycles. The van der Waals surface area contributed by atoms with Crippen LogP contribution in [0.2, 0.25) is 0 Å². The lowest BCUT2D eigenvalue weighted by Gasteiger charge is -2.34. The second-order valence-corrected chi connectivity index (χ2v) is 5.38. The Bertz CT molecular complexity index is 407. The van der Waals surface area contributed by atoms with Crippen LogP contribution in [0.3, 0.4) is 0 Å². The highest BCUT2D eigenvalue weighted by atomic mass is 19.1. The monoisotopic (exact) mass is 251 g/mol. The smallest absolute Gasteiger partial charge is 0.168 e. The predicted molar refractivity (Wildman–Crippen MR) is 71.3 cm³/mol. The summed E-state index contributed by atoms with van der Waals surface area (Å²) in [4.78, 5) is 0. The van der Waals surface area contributed by atoms with E-state index >= 15 is 0 Å². The Kier molecular flexibility index (Phi) is 4.23. The lowest BCUT2D eigenvalue weighted by atomic mass is 9.71. The second kappa shape index (κ2) is 5.70. The van der Waals surface area contributed by atoms with E-state index < -0.39 is 0 Å². The van der Waals surface area contributed by atoms with Gasteiger partial charge in [-0.25, -0.2) is 4.39 Å². The Morgan fingerprint density at radius 2 is 2.17 bits per heavy atom. The van der Waals surface area contributed by atoms with Gasteiger partial charge in [0.2, 0.25) is 0 Å².